The minimum Gasteiger partial charge on any atom is -0.373 e. The van der Waals surface area contributed by atoms with Crippen molar-refractivity contribution in [3.05, 3.63) is 76.3 Å². The maximum atomic E-state index is 12.1. The van der Waals surface area contributed by atoms with E-state index in [0.29, 0.717) is 18.4 Å². The maximum absolute atomic E-state index is 12.1. The number of nitrogens with zero attached hydrogens (tertiary/aromatic N) is 3. The van der Waals surface area contributed by atoms with Gasteiger partial charge in [-0.2, -0.15) is 0 Å². The van der Waals surface area contributed by atoms with Crippen LogP contribution >= 0.6 is 0 Å². The fourth-order valence-corrected chi connectivity index (χ4v) is 7.36. The normalized spacial score (nSPS) is 23.4. The van der Waals surface area contributed by atoms with E-state index < -0.39 is 0 Å². The van der Waals surface area contributed by atoms with Gasteiger partial charge in [0, 0.05) is 62.8 Å². The lowest BCUT2D eigenvalue weighted by atomic mass is 9.93. The summed E-state index contributed by atoms with van der Waals surface area (Å²) in [6, 6.07) is 18.9. The molecule has 3 aromatic carbocycles. The molecule has 2 saturated heterocycles. The van der Waals surface area contributed by atoms with Gasteiger partial charge in [0.25, 0.3) is 0 Å². The van der Waals surface area contributed by atoms with Gasteiger partial charge in [-0.05, 0) is 78.3 Å². The number of amides is 1. The van der Waals surface area contributed by atoms with Crippen LogP contribution in [0.4, 0.5) is 5.69 Å². The Hall–Kier alpha value is -2.89. The maximum Gasteiger partial charge on any atom is 0.222 e. The van der Waals surface area contributed by atoms with Gasteiger partial charge < -0.3 is 14.5 Å². The molecule has 7 rings (SSSR count). The highest BCUT2D eigenvalue weighted by Crippen LogP contribution is 2.37. The average Bonchev–Trinajstić information content (AvgIpc) is 3.55. The Morgan fingerprint density at radius 1 is 0.921 bits per heavy atom. The molecule has 2 fully saturated rings. The highest BCUT2D eigenvalue weighted by molar-refractivity contribution is 5.99. The van der Waals surface area contributed by atoms with Crippen molar-refractivity contribution in [3.63, 3.8) is 0 Å². The lowest BCUT2D eigenvalue weighted by molar-refractivity contribution is -0.128. The first-order valence-corrected chi connectivity index (χ1v) is 14.7. The number of rotatable bonds is 6. The van der Waals surface area contributed by atoms with E-state index in [1.165, 1.54) is 57.1 Å². The van der Waals surface area contributed by atoms with Gasteiger partial charge in [-0.25, -0.2) is 0 Å². The number of aryl methyl sites for hydroxylation is 2. The molecule has 0 N–H and O–H groups in total. The smallest absolute Gasteiger partial charge is 0.222 e. The summed E-state index contributed by atoms with van der Waals surface area (Å²) in [5.74, 6) is 0.298. The molecule has 5 heteroatoms. The lowest BCUT2D eigenvalue weighted by Crippen LogP contribution is -2.52. The highest BCUT2D eigenvalue weighted by atomic mass is 16.5. The first-order chi connectivity index (χ1) is 18.6. The Bertz CT molecular complexity index is 1360. The van der Waals surface area contributed by atoms with E-state index in [9.17, 15) is 4.79 Å². The van der Waals surface area contributed by atoms with E-state index in [1.54, 1.807) is 0 Å². The van der Waals surface area contributed by atoms with E-state index in [2.05, 4.69) is 65.3 Å². The molecule has 0 aromatic heterocycles. The number of anilines is 1. The van der Waals surface area contributed by atoms with Crippen molar-refractivity contribution in [2.24, 2.45) is 0 Å². The number of fused-ring (bicyclic) bond motifs is 1. The summed E-state index contributed by atoms with van der Waals surface area (Å²) in [7, 11) is 0. The van der Waals surface area contributed by atoms with Crippen molar-refractivity contribution >= 4 is 22.4 Å². The first-order valence-electron chi connectivity index (χ1n) is 14.7. The fraction of sp³-hybridized carbons (Fsp3) is 0.485. The third-order valence-electron chi connectivity index (χ3n) is 9.43. The molecule has 4 aliphatic rings. The molecular formula is C33H39N3O2. The van der Waals surface area contributed by atoms with Gasteiger partial charge in [0.2, 0.25) is 5.91 Å². The van der Waals surface area contributed by atoms with Gasteiger partial charge in [0.1, 0.15) is 0 Å². The molecule has 3 heterocycles. The standard InChI is InChI=1S/C33H39N3O2/c1-23-21-35(30-12-10-26-9-8-25-4-2-5-29(30)33(25)26)18-17-34(23)16-13-31-28-11-7-24(20-27(28)14-19-38-31)22-36-15-3-6-32(36)37/h2,4-5,7,10-12,20,23,31H,3,6,8-9,13-19,21-22H2,1H3/t23-,31+/m1/s1. The van der Waals surface area contributed by atoms with E-state index >= 15 is 0 Å². The van der Waals surface area contributed by atoms with Crippen molar-refractivity contribution in [2.45, 2.75) is 64.1 Å². The first kappa shape index (κ1) is 24.2. The zero-order valence-corrected chi connectivity index (χ0v) is 22.6. The third-order valence-corrected chi connectivity index (χ3v) is 9.43. The quantitative estimate of drug-likeness (QED) is 0.453. The minimum atomic E-state index is 0.169. The van der Waals surface area contributed by atoms with Crippen molar-refractivity contribution in [3.8, 4) is 0 Å². The van der Waals surface area contributed by atoms with Gasteiger partial charge in [-0.15, -0.1) is 0 Å². The number of carbonyl (C=O) groups is 1. The molecule has 38 heavy (non-hydrogen) atoms. The van der Waals surface area contributed by atoms with Gasteiger partial charge in [0.05, 0.1) is 12.7 Å². The molecule has 0 spiro atoms. The largest absolute Gasteiger partial charge is 0.373 e. The summed E-state index contributed by atoms with van der Waals surface area (Å²) in [5, 5.41) is 2.96. The molecule has 1 aliphatic carbocycles. The van der Waals surface area contributed by atoms with E-state index in [1.807, 2.05) is 4.90 Å². The molecule has 0 radical (unpaired) electrons. The predicted octanol–water partition coefficient (Wildman–Crippen LogP) is 5.28. The van der Waals surface area contributed by atoms with Gasteiger partial charge >= 0.3 is 0 Å². The number of likely N-dealkylation sites (tertiary alicyclic amines) is 1. The number of ether oxygens (including phenoxy) is 1. The monoisotopic (exact) mass is 509 g/mol. The van der Waals surface area contributed by atoms with Crippen LogP contribution in [-0.4, -0.2) is 61.1 Å². The third kappa shape index (κ3) is 4.40. The van der Waals surface area contributed by atoms with Crippen LogP contribution in [0.15, 0.2) is 48.5 Å². The van der Waals surface area contributed by atoms with Crippen LogP contribution in [0.25, 0.3) is 10.8 Å². The molecule has 3 aliphatic heterocycles. The van der Waals surface area contributed by atoms with Crippen molar-refractivity contribution in [1.29, 1.82) is 0 Å². The van der Waals surface area contributed by atoms with Gasteiger partial charge in [0.15, 0.2) is 0 Å². The second-order valence-electron chi connectivity index (χ2n) is 11.8. The van der Waals surface area contributed by atoms with Crippen molar-refractivity contribution < 1.29 is 9.53 Å². The number of hydrogen-bond acceptors (Lipinski definition) is 4. The summed E-state index contributed by atoms with van der Waals surface area (Å²) in [5.41, 5.74) is 8.48. The number of piperazine rings is 1. The zero-order valence-electron chi connectivity index (χ0n) is 22.6. The van der Waals surface area contributed by atoms with Crippen LogP contribution in [-0.2, 0) is 35.3 Å². The number of carbonyl (C=O) groups excluding carboxylic acids is 1. The SMILES string of the molecule is C[C@@H]1CN(c2ccc3c4c(cccc24)CC3)CCN1CC[C@@H]1OCCc2cc(CN3CCCC3=O)ccc21. The van der Waals surface area contributed by atoms with Crippen LogP contribution in [0.5, 0.6) is 0 Å². The Balaban J connectivity index is 0.996. The molecule has 0 saturated carbocycles. The number of benzene rings is 3. The van der Waals surface area contributed by atoms with Crippen molar-refractivity contribution in [2.75, 3.05) is 44.2 Å². The van der Waals surface area contributed by atoms with Crippen LogP contribution in [0.1, 0.15) is 60.1 Å². The van der Waals surface area contributed by atoms with Crippen LogP contribution < -0.4 is 4.90 Å². The minimum absolute atomic E-state index is 0.169. The second-order valence-corrected chi connectivity index (χ2v) is 11.8. The van der Waals surface area contributed by atoms with E-state index in [-0.39, 0.29) is 6.10 Å². The average molecular weight is 510 g/mol. The molecule has 3 aromatic rings. The zero-order chi connectivity index (χ0) is 25.6. The lowest BCUT2D eigenvalue weighted by Gasteiger charge is -2.42. The Kier molecular flexibility index (Phi) is 6.37. The molecule has 1 amide bonds. The molecule has 5 nitrogen and oxygen atoms in total. The van der Waals surface area contributed by atoms with Crippen LogP contribution in [0.3, 0.4) is 0 Å². The Labute approximate surface area is 226 Å². The summed E-state index contributed by atoms with van der Waals surface area (Å²) in [6.45, 7) is 9.11. The van der Waals surface area contributed by atoms with Crippen LogP contribution in [0.2, 0.25) is 0 Å². The van der Waals surface area contributed by atoms with Crippen LogP contribution in [0, 0.1) is 0 Å². The highest BCUT2D eigenvalue weighted by Gasteiger charge is 2.28. The molecular weight excluding hydrogens is 470 g/mol. The molecule has 0 unspecified atom stereocenters. The molecule has 198 valence electrons. The summed E-state index contributed by atoms with van der Waals surface area (Å²) >= 11 is 0. The van der Waals surface area contributed by atoms with Gasteiger partial charge in [-0.3, -0.25) is 9.69 Å². The molecule has 2 atom stereocenters. The Morgan fingerprint density at radius 3 is 2.66 bits per heavy atom. The van der Waals surface area contributed by atoms with E-state index in [0.717, 1.165) is 65.1 Å². The van der Waals surface area contributed by atoms with Crippen molar-refractivity contribution in [1.82, 2.24) is 9.80 Å². The summed E-state index contributed by atoms with van der Waals surface area (Å²) in [6.07, 6.45) is 6.24. The Morgan fingerprint density at radius 2 is 1.82 bits per heavy atom. The fourth-order valence-electron chi connectivity index (χ4n) is 7.36. The predicted molar refractivity (Wildman–Crippen MR) is 153 cm³/mol. The van der Waals surface area contributed by atoms with E-state index in [4.69, 9.17) is 4.74 Å². The number of hydrogen-bond donors (Lipinski definition) is 0. The topological polar surface area (TPSA) is 36.0 Å². The second kappa shape index (κ2) is 10.0. The van der Waals surface area contributed by atoms with Gasteiger partial charge in [-0.1, -0.05) is 42.5 Å². The molecule has 0 bridgehead atoms. The summed E-state index contributed by atoms with van der Waals surface area (Å²) in [4.78, 5) is 19.3. The summed E-state index contributed by atoms with van der Waals surface area (Å²) < 4.78 is 6.29.